The average Bonchev–Trinajstić information content (AvgIpc) is 2.82. The van der Waals surface area contributed by atoms with E-state index in [1.165, 1.54) is 18.2 Å². The van der Waals surface area contributed by atoms with Crippen molar-refractivity contribution in [2.75, 3.05) is 4.90 Å². The molecule has 6 nitrogen and oxygen atoms in total. The fourth-order valence-electron chi connectivity index (χ4n) is 3.76. The van der Waals surface area contributed by atoms with Crippen LogP contribution in [0, 0.1) is 12.7 Å². The monoisotopic (exact) mass is 548 g/mol. The van der Waals surface area contributed by atoms with Crippen molar-refractivity contribution in [3.63, 3.8) is 0 Å². The minimum Gasteiger partial charge on any atom is -0.487 e. The number of carbonyl (C=O) groups excluding carboxylic acids is 3. The highest BCUT2D eigenvalue weighted by molar-refractivity contribution is 9.10. The number of carbonyl (C=O) groups is 3. The number of hydrogen-bond donors (Lipinski definition) is 1. The van der Waals surface area contributed by atoms with Gasteiger partial charge in [0.2, 0.25) is 0 Å². The first-order valence-corrected chi connectivity index (χ1v) is 11.8. The summed E-state index contributed by atoms with van der Waals surface area (Å²) in [5.74, 6) is -1.31. The van der Waals surface area contributed by atoms with Crippen molar-refractivity contribution in [1.29, 1.82) is 0 Å². The topological polar surface area (TPSA) is 75.7 Å². The molecular formula is C28H22BrFN2O4. The fourth-order valence-corrected chi connectivity index (χ4v) is 4.39. The van der Waals surface area contributed by atoms with E-state index in [-0.39, 0.29) is 18.0 Å². The highest BCUT2D eigenvalue weighted by Gasteiger charge is 2.36. The van der Waals surface area contributed by atoms with E-state index in [2.05, 4.69) is 27.8 Å². The summed E-state index contributed by atoms with van der Waals surface area (Å²) >= 11 is 3.50. The van der Waals surface area contributed by atoms with Crippen LogP contribution in [0.1, 0.15) is 22.3 Å². The number of barbiturate groups is 1. The lowest BCUT2D eigenvalue weighted by Crippen LogP contribution is -2.54. The van der Waals surface area contributed by atoms with Crippen molar-refractivity contribution in [1.82, 2.24) is 5.32 Å². The van der Waals surface area contributed by atoms with Crippen LogP contribution < -0.4 is 15.0 Å². The van der Waals surface area contributed by atoms with Gasteiger partial charge in [-0.2, -0.15) is 0 Å². The van der Waals surface area contributed by atoms with Gasteiger partial charge in [-0.3, -0.25) is 14.9 Å². The van der Waals surface area contributed by atoms with Gasteiger partial charge in [-0.05, 0) is 88.4 Å². The summed E-state index contributed by atoms with van der Waals surface area (Å²) in [5, 5.41) is 2.23. The number of ether oxygens (including phenoxy) is 1. The number of allylic oxidation sites excluding steroid dienone is 1. The minimum absolute atomic E-state index is 0.148. The second-order valence-electron chi connectivity index (χ2n) is 8.20. The summed E-state index contributed by atoms with van der Waals surface area (Å²) in [4.78, 5) is 39.1. The molecule has 1 fully saturated rings. The fraction of sp³-hybridized carbons (Fsp3) is 0.107. The zero-order valence-electron chi connectivity index (χ0n) is 19.4. The summed E-state index contributed by atoms with van der Waals surface area (Å²) in [5.41, 5.74) is 3.11. The van der Waals surface area contributed by atoms with E-state index in [9.17, 15) is 18.8 Å². The molecule has 0 spiro atoms. The Bertz CT molecular complexity index is 1400. The van der Waals surface area contributed by atoms with Crippen molar-refractivity contribution in [3.05, 3.63) is 111 Å². The molecule has 0 aromatic heterocycles. The zero-order chi connectivity index (χ0) is 25.8. The number of anilines is 1. The molecule has 0 bridgehead atoms. The SMILES string of the molecule is C=CCc1cc(/C=C2\C(=O)NC(=O)N(c3ccc(C)cc3)C2=O)cc(Br)c1OCc1cccc(F)c1. The first-order valence-electron chi connectivity index (χ1n) is 11.1. The molecular weight excluding hydrogens is 527 g/mol. The molecule has 4 rings (SSSR count). The molecule has 1 aliphatic heterocycles. The van der Waals surface area contributed by atoms with E-state index in [4.69, 9.17) is 4.74 Å². The third-order valence-electron chi connectivity index (χ3n) is 5.48. The van der Waals surface area contributed by atoms with Crippen molar-refractivity contribution < 1.29 is 23.5 Å². The number of nitrogens with one attached hydrogen (secondary N) is 1. The van der Waals surface area contributed by atoms with E-state index < -0.39 is 17.8 Å². The number of halogens is 2. The van der Waals surface area contributed by atoms with Crippen LogP contribution in [-0.2, 0) is 22.6 Å². The predicted octanol–water partition coefficient (Wildman–Crippen LogP) is 5.87. The van der Waals surface area contributed by atoms with Crippen LogP contribution in [0.15, 0.2) is 83.4 Å². The lowest BCUT2D eigenvalue weighted by molar-refractivity contribution is -0.122. The lowest BCUT2D eigenvalue weighted by Gasteiger charge is -2.26. The van der Waals surface area contributed by atoms with Gasteiger partial charge < -0.3 is 4.74 Å². The van der Waals surface area contributed by atoms with Crippen molar-refractivity contribution in [2.24, 2.45) is 0 Å². The van der Waals surface area contributed by atoms with Crippen LogP contribution >= 0.6 is 15.9 Å². The summed E-state index contributed by atoms with van der Waals surface area (Å²) < 4.78 is 20.1. The number of rotatable bonds is 7. The van der Waals surface area contributed by atoms with Crippen LogP contribution in [0.5, 0.6) is 5.75 Å². The Morgan fingerprint density at radius 3 is 2.53 bits per heavy atom. The van der Waals surface area contributed by atoms with E-state index >= 15 is 0 Å². The normalized spacial score (nSPS) is 14.7. The van der Waals surface area contributed by atoms with E-state index in [1.54, 1.807) is 54.6 Å². The molecule has 36 heavy (non-hydrogen) atoms. The standard InChI is InChI=1S/C28H22BrFN2O4/c1-3-5-20-12-19(15-24(29)25(20)36-16-18-6-4-7-21(30)13-18)14-23-26(33)31-28(35)32(27(23)34)22-10-8-17(2)9-11-22/h3-4,6-15H,1,5,16H2,2H3,(H,31,33,35)/b23-14+. The van der Waals surface area contributed by atoms with Gasteiger partial charge >= 0.3 is 6.03 Å². The molecule has 0 saturated carbocycles. The molecule has 0 unspecified atom stereocenters. The Balaban J connectivity index is 1.66. The Morgan fingerprint density at radius 1 is 1.08 bits per heavy atom. The van der Waals surface area contributed by atoms with Gasteiger partial charge in [0.05, 0.1) is 10.2 Å². The Morgan fingerprint density at radius 2 is 1.83 bits per heavy atom. The summed E-state index contributed by atoms with van der Waals surface area (Å²) in [7, 11) is 0. The number of aryl methyl sites for hydroxylation is 1. The Hall–Kier alpha value is -4.04. The third-order valence-corrected chi connectivity index (χ3v) is 6.07. The van der Waals surface area contributed by atoms with E-state index in [0.717, 1.165) is 16.0 Å². The maximum absolute atomic E-state index is 13.5. The first-order chi connectivity index (χ1) is 17.3. The number of imide groups is 2. The van der Waals surface area contributed by atoms with Gasteiger partial charge in [0.1, 0.15) is 23.7 Å². The largest absolute Gasteiger partial charge is 0.487 e. The van der Waals surface area contributed by atoms with Crippen molar-refractivity contribution in [2.45, 2.75) is 20.0 Å². The van der Waals surface area contributed by atoms with Gasteiger partial charge in [-0.1, -0.05) is 35.9 Å². The zero-order valence-corrected chi connectivity index (χ0v) is 21.0. The van der Waals surface area contributed by atoms with Gasteiger partial charge in [0, 0.05) is 0 Å². The summed E-state index contributed by atoms with van der Waals surface area (Å²) in [6.45, 7) is 5.82. The number of amides is 4. The molecule has 3 aromatic rings. The summed E-state index contributed by atoms with van der Waals surface area (Å²) in [6, 6.07) is 15.6. The lowest BCUT2D eigenvalue weighted by atomic mass is 10.0. The molecule has 1 N–H and O–H groups in total. The predicted molar refractivity (Wildman–Crippen MR) is 139 cm³/mol. The van der Waals surface area contributed by atoms with Gasteiger partial charge in [0.15, 0.2) is 0 Å². The van der Waals surface area contributed by atoms with Crippen molar-refractivity contribution in [3.8, 4) is 5.75 Å². The number of urea groups is 1. The third kappa shape index (κ3) is 5.44. The van der Waals surface area contributed by atoms with Crippen molar-refractivity contribution >= 4 is 45.5 Å². The Labute approximate surface area is 216 Å². The van der Waals surface area contributed by atoms with Gasteiger partial charge in [0.25, 0.3) is 11.8 Å². The number of benzene rings is 3. The highest BCUT2D eigenvalue weighted by Crippen LogP contribution is 2.33. The number of nitrogens with zero attached hydrogens (tertiary/aromatic N) is 1. The van der Waals surface area contributed by atoms with Crippen LogP contribution in [0.25, 0.3) is 6.08 Å². The van der Waals surface area contributed by atoms with Crippen LogP contribution in [0.2, 0.25) is 0 Å². The minimum atomic E-state index is -0.805. The maximum atomic E-state index is 13.5. The van der Waals surface area contributed by atoms with E-state index in [0.29, 0.717) is 33.5 Å². The molecule has 4 amide bonds. The molecule has 1 saturated heterocycles. The van der Waals surface area contributed by atoms with Crippen LogP contribution in [0.4, 0.5) is 14.9 Å². The molecule has 3 aromatic carbocycles. The van der Waals surface area contributed by atoms with Crippen LogP contribution in [-0.4, -0.2) is 17.8 Å². The number of hydrogen-bond acceptors (Lipinski definition) is 4. The maximum Gasteiger partial charge on any atom is 0.335 e. The Kier molecular flexibility index (Phi) is 7.45. The summed E-state index contributed by atoms with van der Waals surface area (Å²) in [6.07, 6.45) is 3.57. The second kappa shape index (κ2) is 10.7. The highest BCUT2D eigenvalue weighted by atomic mass is 79.9. The molecule has 1 heterocycles. The molecule has 8 heteroatoms. The van der Waals surface area contributed by atoms with Gasteiger partial charge in [-0.15, -0.1) is 6.58 Å². The van der Waals surface area contributed by atoms with E-state index in [1.807, 2.05) is 6.92 Å². The van der Waals surface area contributed by atoms with Gasteiger partial charge in [-0.25, -0.2) is 14.1 Å². The molecule has 1 aliphatic rings. The quantitative estimate of drug-likeness (QED) is 0.227. The molecule has 182 valence electrons. The van der Waals surface area contributed by atoms with Crippen LogP contribution in [0.3, 0.4) is 0 Å². The molecule has 0 radical (unpaired) electrons. The smallest absolute Gasteiger partial charge is 0.335 e. The molecule has 0 atom stereocenters. The molecule has 0 aliphatic carbocycles. The average molecular weight is 549 g/mol. The first kappa shape index (κ1) is 25.1. The second-order valence-corrected chi connectivity index (χ2v) is 9.05.